The monoisotopic (exact) mass is 230 g/mol. The number of carbonyl (C=O) groups excluding carboxylic acids is 2. The third-order valence-electron chi connectivity index (χ3n) is 2.39. The first-order valence-corrected chi connectivity index (χ1v) is 5.42. The van der Waals surface area contributed by atoms with E-state index in [0.717, 1.165) is 0 Å². The predicted octanol–water partition coefficient (Wildman–Crippen LogP) is -0.500. The molecule has 6 heteroatoms. The lowest BCUT2D eigenvalue weighted by Gasteiger charge is -2.31. The van der Waals surface area contributed by atoms with Gasteiger partial charge in [0.2, 0.25) is 5.91 Å². The maximum absolute atomic E-state index is 11.7. The van der Waals surface area contributed by atoms with Crippen molar-refractivity contribution in [1.82, 2.24) is 15.5 Å². The summed E-state index contributed by atoms with van der Waals surface area (Å²) in [7, 11) is 1.47. The maximum atomic E-state index is 11.7. The third kappa shape index (κ3) is 4.59. The zero-order chi connectivity index (χ0) is 12.7. The van der Waals surface area contributed by atoms with Crippen LogP contribution in [0.15, 0.2) is 0 Å². The zero-order valence-corrected chi connectivity index (χ0v) is 10.4. The van der Waals surface area contributed by atoms with Gasteiger partial charge in [0.25, 0.3) is 0 Å². The number of nitrogens with one attached hydrogen (secondary N) is 2. The Morgan fingerprint density at radius 3 is 2.25 bits per heavy atom. The van der Waals surface area contributed by atoms with Crippen molar-refractivity contribution in [2.75, 3.05) is 20.1 Å². The van der Waals surface area contributed by atoms with Gasteiger partial charge in [-0.2, -0.15) is 0 Å². The summed E-state index contributed by atoms with van der Waals surface area (Å²) in [6.45, 7) is 6.84. The molecule has 0 aliphatic heterocycles. The Bertz CT molecular complexity index is 243. The smallest absolute Gasteiger partial charge is 0.321 e. The number of hydrogen-bond donors (Lipinski definition) is 3. The van der Waals surface area contributed by atoms with Crippen molar-refractivity contribution in [2.45, 2.75) is 32.9 Å². The number of amides is 3. The second-order valence-corrected chi connectivity index (χ2v) is 3.86. The predicted molar refractivity (Wildman–Crippen MR) is 63.0 cm³/mol. The van der Waals surface area contributed by atoms with E-state index in [1.165, 1.54) is 7.05 Å². The normalized spacial score (nSPS) is 12.7. The van der Waals surface area contributed by atoms with Crippen LogP contribution >= 0.6 is 0 Å². The molecule has 16 heavy (non-hydrogen) atoms. The largest absolute Gasteiger partial charge is 0.341 e. The minimum absolute atomic E-state index is 0.203. The highest BCUT2D eigenvalue weighted by molar-refractivity contribution is 5.96. The van der Waals surface area contributed by atoms with Crippen LogP contribution in [-0.2, 0) is 4.79 Å². The molecule has 0 rings (SSSR count). The molecule has 3 amide bonds. The number of imide groups is 1. The van der Waals surface area contributed by atoms with Crippen molar-refractivity contribution in [3.05, 3.63) is 0 Å². The van der Waals surface area contributed by atoms with E-state index in [1.807, 2.05) is 18.7 Å². The first-order chi connectivity index (χ1) is 7.43. The molecular formula is C10H22N4O2. The number of nitrogens with zero attached hydrogens (tertiary/aromatic N) is 1. The summed E-state index contributed by atoms with van der Waals surface area (Å²) in [5.41, 5.74) is 5.48. The Morgan fingerprint density at radius 1 is 1.31 bits per heavy atom. The van der Waals surface area contributed by atoms with E-state index in [9.17, 15) is 9.59 Å². The van der Waals surface area contributed by atoms with Gasteiger partial charge in [-0.05, 0) is 20.8 Å². The molecule has 1 unspecified atom stereocenters. The van der Waals surface area contributed by atoms with Gasteiger partial charge < -0.3 is 11.1 Å². The van der Waals surface area contributed by atoms with E-state index < -0.39 is 6.03 Å². The van der Waals surface area contributed by atoms with E-state index in [0.29, 0.717) is 13.1 Å². The van der Waals surface area contributed by atoms with E-state index in [4.69, 9.17) is 5.73 Å². The summed E-state index contributed by atoms with van der Waals surface area (Å²) >= 11 is 0. The number of urea groups is 1. The molecule has 0 aromatic rings. The van der Waals surface area contributed by atoms with Crippen molar-refractivity contribution in [3.63, 3.8) is 0 Å². The van der Waals surface area contributed by atoms with Gasteiger partial charge in [-0.15, -0.1) is 0 Å². The molecular weight excluding hydrogens is 208 g/mol. The molecule has 0 aliphatic rings. The molecule has 0 saturated carbocycles. The highest BCUT2D eigenvalue weighted by Crippen LogP contribution is 2.04. The highest BCUT2D eigenvalue weighted by atomic mass is 16.2. The Balaban J connectivity index is 4.42. The summed E-state index contributed by atoms with van der Waals surface area (Å²) in [4.78, 5) is 24.6. The molecule has 4 N–H and O–H groups in total. The fraction of sp³-hybridized carbons (Fsp3) is 0.800. The van der Waals surface area contributed by atoms with Crippen LogP contribution in [0.1, 0.15) is 20.8 Å². The maximum Gasteiger partial charge on any atom is 0.321 e. The van der Waals surface area contributed by atoms with E-state index >= 15 is 0 Å². The molecule has 0 radical (unpaired) electrons. The fourth-order valence-corrected chi connectivity index (χ4v) is 1.48. The van der Waals surface area contributed by atoms with Gasteiger partial charge in [0.05, 0.1) is 6.04 Å². The van der Waals surface area contributed by atoms with Gasteiger partial charge in [-0.25, -0.2) is 4.79 Å². The highest BCUT2D eigenvalue weighted by Gasteiger charge is 2.23. The summed E-state index contributed by atoms with van der Waals surface area (Å²) in [5, 5.41) is 4.59. The summed E-state index contributed by atoms with van der Waals surface area (Å²) in [5.74, 6) is -0.318. The number of hydrogen-bond acceptors (Lipinski definition) is 4. The standard InChI is InChI=1S/C10H22N4O2/c1-7(2)14(6-5-11)8(3)9(15)13-10(16)12-4/h7-8H,5-6,11H2,1-4H3,(H2,12,13,15,16). The molecule has 0 aromatic carbocycles. The lowest BCUT2D eigenvalue weighted by molar-refractivity contribution is -0.125. The molecule has 0 spiro atoms. The van der Waals surface area contributed by atoms with Crippen LogP contribution in [-0.4, -0.2) is 49.1 Å². The summed E-state index contributed by atoms with van der Waals surface area (Å²) in [6.07, 6.45) is 0. The van der Waals surface area contributed by atoms with Crippen LogP contribution in [0.4, 0.5) is 4.79 Å². The first-order valence-electron chi connectivity index (χ1n) is 5.42. The molecule has 0 saturated heterocycles. The van der Waals surface area contributed by atoms with Crippen molar-refractivity contribution in [2.24, 2.45) is 5.73 Å². The van der Waals surface area contributed by atoms with E-state index in [2.05, 4.69) is 10.6 Å². The van der Waals surface area contributed by atoms with Gasteiger partial charge in [0.1, 0.15) is 0 Å². The minimum atomic E-state index is -0.492. The molecule has 6 nitrogen and oxygen atoms in total. The molecule has 0 aromatic heterocycles. The number of carbonyl (C=O) groups is 2. The number of nitrogens with two attached hydrogens (primary N) is 1. The first kappa shape index (κ1) is 14.9. The zero-order valence-electron chi connectivity index (χ0n) is 10.4. The van der Waals surface area contributed by atoms with Crippen molar-refractivity contribution in [1.29, 1.82) is 0 Å². The molecule has 0 aliphatic carbocycles. The topological polar surface area (TPSA) is 87.5 Å². The Kier molecular flexibility index (Phi) is 6.67. The summed E-state index contributed by atoms with van der Waals surface area (Å²) in [6, 6.07) is -0.664. The van der Waals surface area contributed by atoms with Crippen molar-refractivity contribution < 1.29 is 9.59 Å². The van der Waals surface area contributed by atoms with Crippen LogP contribution in [0.5, 0.6) is 0 Å². The molecule has 0 bridgehead atoms. The Labute approximate surface area is 96.5 Å². The van der Waals surface area contributed by atoms with Crippen LogP contribution in [0, 0.1) is 0 Å². The quantitative estimate of drug-likeness (QED) is 0.594. The molecule has 1 atom stereocenters. The van der Waals surface area contributed by atoms with Crippen molar-refractivity contribution in [3.8, 4) is 0 Å². The fourth-order valence-electron chi connectivity index (χ4n) is 1.48. The van der Waals surface area contributed by atoms with Crippen LogP contribution in [0.3, 0.4) is 0 Å². The van der Waals surface area contributed by atoms with E-state index in [1.54, 1.807) is 6.92 Å². The van der Waals surface area contributed by atoms with Crippen LogP contribution < -0.4 is 16.4 Å². The minimum Gasteiger partial charge on any atom is -0.341 e. The lowest BCUT2D eigenvalue weighted by Crippen LogP contribution is -2.52. The Hall–Kier alpha value is -1.14. The summed E-state index contributed by atoms with van der Waals surface area (Å²) < 4.78 is 0. The van der Waals surface area contributed by atoms with Gasteiger partial charge in [0.15, 0.2) is 0 Å². The molecule has 0 heterocycles. The van der Waals surface area contributed by atoms with Gasteiger partial charge in [-0.1, -0.05) is 0 Å². The second kappa shape index (κ2) is 7.19. The average Bonchev–Trinajstić information content (AvgIpc) is 2.24. The molecule has 94 valence electrons. The van der Waals surface area contributed by atoms with Crippen LogP contribution in [0.2, 0.25) is 0 Å². The lowest BCUT2D eigenvalue weighted by atomic mass is 10.2. The Morgan fingerprint density at radius 2 is 1.88 bits per heavy atom. The van der Waals surface area contributed by atoms with E-state index in [-0.39, 0.29) is 18.0 Å². The second-order valence-electron chi connectivity index (χ2n) is 3.86. The van der Waals surface area contributed by atoms with Gasteiger partial charge >= 0.3 is 6.03 Å². The number of rotatable bonds is 5. The third-order valence-corrected chi connectivity index (χ3v) is 2.39. The SMILES string of the molecule is CNC(=O)NC(=O)C(C)N(CCN)C(C)C. The molecule has 0 fully saturated rings. The average molecular weight is 230 g/mol. The van der Waals surface area contributed by atoms with Gasteiger partial charge in [-0.3, -0.25) is 15.0 Å². The van der Waals surface area contributed by atoms with Gasteiger partial charge in [0, 0.05) is 26.2 Å². The van der Waals surface area contributed by atoms with Crippen molar-refractivity contribution >= 4 is 11.9 Å². The van der Waals surface area contributed by atoms with Crippen LogP contribution in [0.25, 0.3) is 0 Å².